The summed E-state index contributed by atoms with van der Waals surface area (Å²) in [5.74, 6) is 0.259. The minimum atomic E-state index is -0.546. The van der Waals surface area contributed by atoms with Crippen molar-refractivity contribution in [1.29, 1.82) is 0 Å². The molecular formula is C22H25N5O3. The van der Waals surface area contributed by atoms with Crippen LogP contribution in [0.15, 0.2) is 30.5 Å². The van der Waals surface area contributed by atoms with Gasteiger partial charge in [-0.05, 0) is 51.0 Å². The van der Waals surface area contributed by atoms with Gasteiger partial charge < -0.3 is 15.4 Å². The maximum absolute atomic E-state index is 13.2. The van der Waals surface area contributed by atoms with E-state index in [1.165, 1.54) is 0 Å². The minimum absolute atomic E-state index is 0.125. The number of benzene rings is 1. The van der Waals surface area contributed by atoms with Crippen LogP contribution in [0.5, 0.6) is 5.75 Å². The SMILES string of the molecule is CC1Oc2ccc(NC(=O)c3cc(C(C)C)nc4c3cnn4C(C)C)cc2NC1=O. The highest BCUT2D eigenvalue weighted by molar-refractivity contribution is 6.12. The summed E-state index contributed by atoms with van der Waals surface area (Å²) in [4.78, 5) is 29.8. The van der Waals surface area contributed by atoms with Gasteiger partial charge in [0.2, 0.25) is 0 Å². The van der Waals surface area contributed by atoms with E-state index in [1.54, 1.807) is 31.3 Å². The summed E-state index contributed by atoms with van der Waals surface area (Å²) in [5, 5.41) is 10.8. The fraction of sp³-hybridized carbons (Fsp3) is 0.364. The molecular weight excluding hydrogens is 382 g/mol. The van der Waals surface area contributed by atoms with E-state index >= 15 is 0 Å². The molecule has 1 unspecified atom stereocenters. The number of anilines is 2. The van der Waals surface area contributed by atoms with E-state index in [1.807, 2.05) is 38.4 Å². The van der Waals surface area contributed by atoms with Gasteiger partial charge >= 0.3 is 0 Å². The number of aromatic nitrogens is 3. The molecule has 1 aliphatic rings. The van der Waals surface area contributed by atoms with Crippen LogP contribution in [0.25, 0.3) is 11.0 Å². The van der Waals surface area contributed by atoms with Crippen molar-refractivity contribution in [3.05, 3.63) is 41.7 Å². The fourth-order valence-corrected chi connectivity index (χ4v) is 3.38. The van der Waals surface area contributed by atoms with Gasteiger partial charge in [-0.1, -0.05) is 13.8 Å². The highest BCUT2D eigenvalue weighted by Gasteiger charge is 2.24. The van der Waals surface area contributed by atoms with Gasteiger partial charge in [0.1, 0.15) is 5.75 Å². The second-order valence-electron chi connectivity index (χ2n) is 8.08. The van der Waals surface area contributed by atoms with Gasteiger partial charge in [0.15, 0.2) is 11.8 Å². The van der Waals surface area contributed by atoms with E-state index in [2.05, 4.69) is 15.7 Å². The number of pyridine rings is 1. The van der Waals surface area contributed by atoms with E-state index < -0.39 is 6.10 Å². The number of nitrogens with zero attached hydrogens (tertiary/aromatic N) is 3. The normalized spacial score (nSPS) is 15.8. The van der Waals surface area contributed by atoms with Crippen molar-refractivity contribution in [1.82, 2.24) is 14.8 Å². The number of amides is 2. The summed E-state index contributed by atoms with van der Waals surface area (Å²) in [7, 11) is 0. The second-order valence-corrected chi connectivity index (χ2v) is 8.08. The number of fused-ring (bicyclic) bond motifs is 2. The van der Waals surface area contributed by atoms with E-state index in [0.29, 0.717) is 33.7 Å². The quantitative estimate of drug-likeness (QED) is 0.678. The zero-order valence-electron chi connectivity index (χ0n) is 17.7. The molecule has 8 heteroatoms. The number of rotatable bonds is 4. The van der Waals surface area contributed by atoms with Crippen LogP contribution in [0.3, 0.4) is 0 Å². The number of ether oxygens (including phenoxy) is 1. The number of carbonyl (C=O) groups is 2. The Labute approximate surface area is 174 Å². The largest absolute Gasteiger partial charge is 0.479 e. The molecule has 1 aliphatic heterocycles. The van der Waals surface area contributed by atoms with Crippen molar-refractivity contribution in [3.63, 3.8) is 0 Å². The summed E-state index contributed by atoms with van der Waals surface area (Å²) in [6.07, 6.45) is 1.14. The summed E-state index contributed by atoms with van der Waals surface area (Å²) < 4.78 is 7.39. The molecule has 0 bridgehead atoms. The number of nitrogens with one attached hydrogen (secondary N) is 2. The second kappa shape index (κ2) is 7.44. The van der Waals surface area contributed by atoms with Crippen LogP contribution >= 0.6 is 0 Å². The molecule has 4 rings (SSSR count). The first kappa shape index (κ1) is 19.9. The van der Waals surface area contributed by atoms with Crippen LogP contribution in [-0.2, 0) is 4.79 Å². The molecule has 156 valence electrons. The molecule has 30 heavy (non-hydrogen) atoms. The number of hydrogen-bond acceptors (Lipinski definition) is 5. The third-order valence-corrected chi connectivity index (χ3v) is 5.08. The molecule has 2 aromatic heterocycles. The molecule has 0 aliphatic carbocycles. The number of carbonyl (C=O) groups excluding carboxylic acids is 2. The molecule has 0 spiro atoms. The smallest absolute Gasteiger partial charge is 0.265 e. The predicted molar refractivity (Wildman–Crippen MR) is 115 cm³/mol. The van der Waals surface area contributed by atoms with Crippen molar-refractivity contribution in [2.45, 2.75) is 52.7 Å². The van der Waals surface area contributed by atoms with Gasteiger partial charge in [0, 0.05) is 17.4 Å². The lowest BCUT2D eigenvalue weighted by atomic mass is 10.0. The van der Waals surface area contributed by atoms with Gasteiger partial charge in [0.25, 0.3) is 11.8 Å². The van der Waals surface area contributed by atoms with Crippen molar-refractivity contribution < 1.29 is 14.3 Å². The first-order valence-electron chi connectivity index (χ1n) is 10.1. The van der Waals surface area contributed by atoms with E-state index in [0.717, 1.165) is 5.69 Å². The van der Waals surface area contributed by atoms with Crippen molar-refractivity contribution in [2.24, 2.45) is 0 Å². The van der Waals surface area contributed by atoms with Crippen LogP contribution in [0.1, 0.15) is 62.6 Å². The van der Waals surface area contributed by atoms with Crippen LogP contribution in [-0.4, -0.2) is 32.7 Å². The van der Waals surface area contributed by atoms with Gasteiger partial charge in [-0.2, -0.15) is 5.10 Å². The standard InChI is InChI=1S/C22H25N5O3/c1-11(2)17-9-15(16-10-23-27(12(3)4)20(16)25-17)22(29)24-14-6-7-19-18(8-14)26-21(28)13(5)30-19/h6-13H,1-5H3,(H,24,29)(H,26,28). The summed E-state index contributed by atoms with van der Waals surface area (Å²) in [6.45, 7) is 9.82. The lowest BCUT2D eigenvalue weighted by Gasteiger charge is -2.23. The van der Waals surface area contributed by atoms with E-state index in [4.69, 9.17) is 9.72 Å². The Morgan fingerprint density at radius 2 is 2.00 bits per heavy atom. The molecule has 3 aromatic rings. The molecule has 0 fully saturated rings. The first-order chi connectivity index (χ1) is 14.2. The Hall–Kier alpha value is -3.42. The average Bonchev–Trinajstić information content (AvgIpc) is 3.12. The summed E-state index contributed by atoms with van der Waals surface area (Å²) >= 11 is 0. The third-order valence-electron chi connectivity index (χ3n) is 5.08. The van der Waals surface area contributed by atoms with Gasteiger partial charge in [-0.25, -0.2) is 9.67 Å². The highest BCUT2D eigenvalue weighted by Crippen LogP contribution is 2.32. The van der Waals surface area contributed by atoms with Gasteiger partial charge in [-0.3, -0.25) is 9.59 Å². The minimum Gasteiger partial charge on any atom is -0.479 e. The van der Waals surface area contributed by atoms with Gasteiger partial charge in [0.05, 0.1) is 22.8 Å². The van der Waals surface area contributed by atoms with Gasteiger partial charge in [-0.15, -0.1) is 0 Å². The molecule has 1 aromatic carbocycles. The Bertz CT molecular complexity index is 1150. The van der Waals surface area contributed by atoms with E-state index in [9.17, 15) is 9.59 Å². The van der Waals surface area contributed by atoms with Crippen molar-refractivity contribution >= 4 is 34.2 Å². The van der Waals surface area contributed by atoms with Crippen LogP contribution < -0.4 is 15.4 Å². The average molecular weight is 407 g/mol. The Kier molecular flexibility index (Phi) is 4.93. The summed E-state index contributed by atoms with van der Waals surface area (Å²) in [5.41, 5.74) is 3.13. The molecule has 3 heterocycles. The molecule has 0 saturated heterocycles. The maximum atomic E-state index is 13.2. The molecule has 8 nitrogen and oxygen atoms in total. The fourth-order valence-electron chi connectivity index (χ4n) is 3.38. The van der Waals surface area contributed by atoms with E-state index in [-0.39, 0.29) is 23.8 Å². The molecule has 0 saturated carbocycles. The predicted octanol–water partition coefficient (Wildman–Crippen LogP) is 4.11. The molecule has 1 atom stereocenters. The van der Waals surface area contributed by atoms with Crippen molar-refractivity contribution in [2.75, 3.05) is 10.6 Å². The lowest BCUT2D eigenvalue weighted by Crippen LogP contribution is -2.34. The third kappa shape index (κ3) is 3.49. The van der Waals surface area contributed by atoms with Crippen molar-refractivity contribution in [3.8, 4) is 5.75 Å². The Morgan fingerprint density at radius 1 is 1.23 bits per heavy atom. The Balaban J connectivity index is 1.70. The number of hydrogen-bond donors (Lipinski definition) is 2. The topological polar surface area (TPSA) is 98.1 Å². The monoisotopic (exact) mass is 407 g/mol. The molecule has 2 N–H and O–H groups in total. The van der Waals surface area contributed by atoms with Crippen LogP contribution in [0.4, 0.5) is 11.4 Å². The maximum Gasteiger partial charge on any atom is 0.265 e. The van der Waals surface area contributed by atoms with Crippen LogP contribution in [0, 0.1) is 0 Å². The zero-order chi connectivity index (χ0) is 21.6. The molecule has 2 amide bonds. The zero-order valence-corrected chi connectivity index (χ0v) is 17.7. The molecule has 0 radical (unpaired) electrons. The lowest BCUT2D eigenvalue weighted by molar-refractivity contribution is -0.122. The first-order valence-corrected chi connectivity index (χ1v) is 10.1. The summed E-state index contributed by atoms with van der Waals surface area (Å²) in [6, 6.07) is 7.12. The highest BCUT2D eigenvalue weighted by atomic mass is 16.5. The van der Waals surface area contributed by atoms with Crippen LogP contribution in [0.2, 0.25) is 0 Å². The Morgan fingerprint density at radius 3 is 2.70 bits per heavy atom.